The molecule has 2 heterocycles. The average Bonchev–Trinajstić information content (AvgIpc) is 2.94. The highest BCUT2D eigenvalue weighted by atomic mass is 79.9. The van der Waals surface area contributed by atoms with Gasteiger partial charge in [-0.25, -0.2) is 4.79 Å². The third-order valence-electron chi connectivity index (χ3n) is 2.71. The summed E-state index contributed by atoms with van der Waals surface area (Å²) in [7, 11) is 0. The summed E-state index contributed by atoms with van der Waals surface area (Å²) < 4.78 is 5.50. The van der Waals surface area contributed by atoms with Crippen LogP contribution in [0, 0.1) is 0 Å². The van der Waals surface area contributed by atoms with Gasteiger partial charge in [-0.1, -0.05) is 0 Å². The highest BCUT2D eigenvalue weighted by molar-refractivity contribution is 9.10. The molecule has 6 nitrogen and oxygen atoms in total. The van der Waals surface area contributed by atoms with Gasteiger partial charge in [0.05, 0.1) is 28.5 Å². The van der Waals surface area contributed by atoms with Gasteiger partial charge >= 0.3 is 5.69 Å². The van der Waals surface area contributed by atoms with Crippen molar-refractivity contribution >= 4 is 50.2 Å². The molecule has 0 unspecified atom stereocenters. The number of carbonyl (C=O) groups excluding carboxylic acids is 1. The van der Waals surface area contributed by atoms with Gasteiger partial charge in [0, 0.05) is 4.47 Å². The van der Waals surface area contributed by atoms with Gasteiger partial charge in [-0.15, -0.1) is 0 Å². The van der Waals surface area contributed by atoms with Gasteiger partial charge in [-0.2, -0.15) is 0 Å². The van der Waals surface area contributed by atoms with Gasteiger partial charge in [0.15, 0.2) is 0 Å². The van der Waals surface area contributed by atoms with Gasteiger partial charge in [-0.3, -0.25) is 4.79 Å². The smallest absolute Gasteiger partial charge is 0.323 e. The van der Waals surface area contributed by atoms with Crippen LogP contribution in [-0.4, -0.2) is 15.9 Å². The number of fused-ring (bicyclic) bond motifs is 1. The number of hydrogen-bond acceptors (Lipinski definition) is 3. The molecule has 1 aromatic carbocycles. The molecule has 0 saturated carbocycles. The predicted octanol–water partition coefficient (Wildman–Crippen LogP) is 3.12. The minimum Gasteiger partial charge on any atom is -0.452 e. The fraction of sp³-hybridized carbons (Fsp3) is 0. The van der Waals surface area contributed by atoms with E-state index in [2.05, 4.69) is 31.2 Å². The Balaban J connectivity index is 1.98. The summed E-state index contributed by atoms with van der Waals surface area (Å²) in [4.78, 5) is 28.5. The Bertz CT molecular complexity index is 864. The molecule has 0 aliphatic heterocycles. The number of rotatable bonds is 2. The van der Waals surface area contributed by atoms with E-state index in [9.17, 15) is 9.59 Å². The van der Waals surface area contributed by atoms with E-state index in [1.54, 1.807) is 12.1 Å². The summed E-state index contributed by atoms with van der Waals surface area (Å²) in [6.45, 7) is 0. The molecule has 3 aromatic rings. The predicted molar refractivity (Wildman–Crippen MR) is 78.3 cm³/mol. The van der Waals surface area contributed by atoms with E-state index in [0.717, 1.165) is 0 Å². The molecule has 2 aromatic heterocycles. The van der Waals surface area contributed by atoms with Crippen LogP contribution in [0.2, 0.25) is 5.22 Å². The van der Waals surface area contributed by atoms with Gasteiger partial charge in [0.2, 0.25) is 5.22 Å². The molecule has 3 rings (SSSR count). The van der Waals surface area contributed by atoms with Crippen LogP contribution in [0.3, 0.4) is 0 Å². The van der Waals surface area contributed by atoms with Crippen molar-refractivity contribution in [2.75, 3.05) is 5.32 Å². The van der Waals surface area contributed by atoms with E-state index in [1.807, 2.05) is 0 Å². The number of anilines is 1. The number of furan rings is 1. The van der Waals surface area contributed by atoms with Crippen LogP contribution in [0.4, 0.5) is 5.69 Å². The zero-order valence-corrected chi connectivity index (χ0v) is 12.1. The molecule has 0 saturated heterocycles. The molecule has 0 radical (unpaired) electrons. The van der Waals surface area contributed by atoms with Crippen molar-refractivity contribution in [1.82, 2.24) is 9.97 Å². The lowest BCUT2D eigenvalue weighted by atomic mass is 10.2. The molecule has 8 heteroatoms. The summed E-state index contributed by atoms with van der Waals surface area (Å²) >= 11 is 9.08. The fourth-order valence-corrected chi connectivity index (χ4v) is 2.44. The minimum atomic E-state index is -0.401. The van der Waals surface area contributed by atoms with E-state index in [0.29, 0.717) is 21.2 Å². The van der Waals surface area contributed by atoms with Gasteiger partial charge in [-0.05, 0) is 45.7 Å². The maximum Gasteiger partial charge on any atom is 0.323 e. The van der Waals surface area contributed by atoms with E-state index in [1.165, 1.54) is 12.3 Å². The first-order valence-electron chi connectivity index (χ1n) is 5.50. The Morgan fingerprint density at radius 2 is 2.00 bits per heavy atom. The quantitative estimate of drug-likeness (QED) is 0.659. The maximum absolute atomic E-state index is 12.0. The number of aromatic nitrogens is 2. The van der Waals surface area contributed by atoms with Crippen molar-refractivity contribution in [1.29, 1.82) is 0 Å². The van der Waals surface area contributed by atoms with Crippen LogP contribution in [0.5, 0.6) is 0 Å². The van der Waals surface area contributed by atoms with Crippen molar-refractivity contribution in [3.8, 4) is 0 Å². The number of benzene rings is 1. The SMILES string of the molecule is O=C(Nc1cc2[nH]c(=O)[nH]c2cc1Br)c1ccoc1Cl. The zero-order chi connectivity index (χ0) is 14.3. The Labute approximate surface area is 125 Å². The van der Waals surface area contributed by atoms with E-state index < -0.39 is 5.91 Å². The molecule has 1 amide bonds. The van der Waals surface area contributed by atoms with Crippen LogP contribution in [0.1, 0.15) is 10.4 Å². The standard InChI is InChI=1S/C12H7BrClN3O3/c13-6-3-8-9(17-12(19)16-8)4-7(6)15-11(18)5-1-2-20-10(5)14/h1-4H,(H,15,18)(H2,16,17,19). The monoisotopic (exact) mass is 355 g/mol. The second-order valence-electron chi connectivity index (χ2n) is 4.02. The fourth-order valence-electron chi connectivity index (χ4n) is 1.80. The van der Waals surface area contributed by atoms with Crippen molar-refractivity contribution in [3.05, 3.63) is 50.2 Å². The van der Waals surface area contributed by atoms with Gasteiger partial charge in [0.25, 0.3) is 5.91 Å². The van der Waals surface area contributed by atoms with E-state index in [4.69, 9.17) is 16.0 Å². The summed E-state index contributed by atoms with van der Waals surface area (Å²) in [6, 6.07) is 4.81. The molecular formula is C12H7BrClN3O3. The lowest BCUT2D eigenvalue weighted by Gasteiger charge is -2.06. The number of nitrogens with one attached hydrogen (secondary N) is 3. The molecule has 0 aliphatic carbocycles. The number of imidazole rings is 1. The van der Waals surface area contributed by atoms with Crippen LogP contribution in [0.25, 0.3) is 11.0 Å². The molecule has 3 N–H and O–H groups in total. The number of amides is 1. The average molecular weight is 357 g/mol. The lowest BCUT2D eigenvalue weighted by Crippen LogP contribution is -2.11. The number of H-pyrrole nitrogens is 2. The highest BCUT2D eigenvalue weighted by Crippen LogP contribution is 2.27. The van der Waals surface area contributed by atoms with Crippen LogP contribution >= 0.6 is 27.5 Å². The van der Waals surface area contributed by atoms with Gasteiger partial charge < -0.3 is 19.7 Å². The second kappa shape index (κ2) is 4.84. The van der Waals surface area contributed by atoms with Crippen LogP contribution < -0.4 is 11.0 Å². The Kier molecular flexibility index (Phi) is 3.15. The molecule has 0 atom stereocenters. The first kappa shape index (κ1) is 13.0. The van der Waals surface area contributed by atoms with Gasteiger partial charge in [0.1, 0.15) is 0 Å². The first-order valence-corrected chi connectivity index (χ1v) is 6.67. The van der Waals surface area contributed by atoms with E-state index in [-0.39, 0.29) is 16.5 Å². The second-order valence-corrected chi connectivity index (χ2v) is 5.22. The normalized spacial score (nSPS) is 10.9. The minimum absolute atomic E-state index is 0.0229. The summed E-state index contributed by atoms with van der Waals surface area (Å²) in [6.07, 6.45) is 1.33. The van der Waals surface area contributed by atoms with Crippen LogP contribution in [-0.2, 0) is 0 Å². The maximum atomic E-state index is 12.0. The highest BCUT2D eigenvalue weighted by Gasteiger charge is 2.15. The third-order valence-corrected chi connectivity index (χ3v) is 3.66. The number of carbonyl (C=O) groups is 1. The molecule has 0 fully saturated rings. The Hall–Kier alpha value is -1.99. The first-order chi connectivity index (χ1) is 9.54. The van der Waals surface area contributed by atoms with Crippen molar-refractivity contribution in [2.45, 2.75) is 0 Å². The molecule has 0 aliphatic rings. The molecule has 0 bridgehead atoms. The van der Waals surface area contributed by atoms with Crippen molar-refractivity contribution in [2.24, 2.45) is 0 Å². The Morgan fingerprint density at radius 1 is 1.30 bits per heavy atom. The summed E-state index contributed by atoms with van der Waals surface area (Å²) in [5, 5.41) is 2.71. The number of hydrogen-bond donors (Lipinski definition) is 3. The molecule has 20 heavy (non-hydrogen) atoms. The molecule has 0 spiro atoms. The summed E-state index contributed by atoms with van der Waals surface area (Å²) in [5.41, 5.74) is 1.66. The van der Waals surface area contributed by atoms with Crippen molar-refractivity contribution < 1.29 is 9.21 Å². The summed E-state index contributed by atoms with van der Waals surface area (Å²) in [5.74, 6) is -0.401. The molecule has 102 valence electrons. The zero-order valence-electron chi connectivity index (χ0n) is 9.79. The van der Waals surface area contributed by atoms with Crippen LogP contribution in [0.15, 0.2) is 38.1 Å². The topological polar surface area (TPSA) is 90.9 Å². The molecular weight excluding hydrogens is 350 g/mol. The third kappa shape index (κ3) is 2.25. The number of aromatic amines is 2. The largest absolute Gasteiger partial charge is 0.452 e. The Morgan fingerprint density at radius 3 is 2.65 bits per heavy atom. The van der Waals surface area contributed by atoms with Crippen molar-refractivity contribution in [3.63, 3.8) is 0 Å². The number of halogens is 2. The van der Waals surface area contributed by atoms with E-state index >= 15 is 0 Å². The lowest BCUT2D eigenvalue weighted by molar-refractivity contribution is 0.102.